The summed E-state index contributed by atoms with van der Waals surface area (Å²) in [6.45, 7) is 6.63. The Morgan fingerprint density at radius 1 is 1.64 bits per heavy atom. The normalized spacial score (nSPS) is 12.4. The minimum atomic E-state index is 0.530. The first-order valence-electron chi connectivity index (χ1n) is 3.48. The largest absolute Gasteiger partial charge is 0.380 e. The average Bonchev–Trinajstić information content (AvgIpc) is 2.01. The van der Waals surface area contributed by atoms with Crippen LogP contribution < -0.4 is 0 Å². The van der Waals surface area contributed by atoms with Gasteiger partial charge in [0.05, 0.1) is 6.61 Å². The first-order chi connectivity index (χ1) is 5.35. The van der Waals surface area contributed by atoms with E-state index < -0.39 is 0 Å². The van der Waals surface area contributed by atoms with Gasteiger partial charge in [-0.2, -0.15) is 0 Å². The second-order valence-electron chi connectivity index (χ2n) is 1.95. The molecule has 0 bridgehead atoms. The van der Waals surface area contributed by atoms with Crippen LogP contribution in [0.5, 0.6) is 0 Å². The maximum atomic E-state index is 4.91. The molecule has 3 heteroatoms. The second kappa shape index (κ2) is 7.15. The molecule has 0 aromatic rings. The Labute approximate surface area is 67.5 Å². The van der Waals surface area contributed by atoms with E-state index in [0.29, 0.717) is 6.61 Å². The van der Waals surface area contributed by atoms with Crippen LogP contribution in [-0.4, -0.2) is 33.2 Å². The molecule has 0 aromatic carbocycles. The molecule has 0 aliphatic heterocycles. The van der Waals surface area contributed by atoms with Gasteiger partial charge in [0, 0.05) is 31.6 Å². The smallest absolute Gasteiger partial charge is 0.0743 e. The minimum Gasteiger partial charge on any atom is -0.380 e. The molecule has 0 radical (unpaired) electrons. The SMILES string of the molecule is C=N/C=C(\C=NCC)COC. The predicted octanol–water partition coefficient (Wildman–Crippen LogP) is 1.31. The van der Waals surface area contributed by atoms with Crippen LogP contribution in [0.4, 0.5) is 0 Å². The van der Waals surface area contributed by atoms with Crippen LogP contribution in [-0.2, 0) is 4.74 Å². The van der Waals surface area contributed by atoms with Crippen LogP contribution in [0.2, 0.25) is 0 Å². The first kappa shape index (κ1) is 10.0. The Morgan fingerprint density at radius 2 is 2.36 bits per heavy atom. The third kappa shape index (κ3) is 5.48. The summed E-state index contributed by atoms with van der Waals surface area (Å²) >= 11 is 0. The van der Waals surface area contributed by atoms with Gasteiger partial charge in [-0.3, -0.25) is 9.98 Å². The quantitative estimate of drug-likeness (QED) is 0.550. The van der Waals surface area contributed by atoms with Crippen LogP contribution in [0.1, 0.15) is 6.92 Å². The van der Waals surface area contributed by atoms with Crippen LogP contribution in [0.3, 0.4) is 0 Å². The fraction of sp³-hybridized carbons (Fsp3) is 0.500. The number of hydrogen-bond donors (Lipinski definition) is 0. The standard InChI is InChI=1S/C8H14N2O/c1-4-10-6-8(5-9-2)7-11-3/h5-6H,2,4,7H2,1,3H3/b8-5+,10-6?. The molecule has 0 amide bonds. The van der Waals surface area contributed by atoms with Gasteiger partial charge in [0.2, 0.25) is 0 Å². The molecule has 0 aliphatic rings. The van der Waals surface area contributed by atoms with Crippen LogP contribution in [0.25, 0.3) is 0 Å². The van der Waals surface area contributed by atoms with Crippen LogP contribution in [0, 0.1) is 0 Å². The number of aliphatic imine (C=N–C) groups is 2. The lowest BCUT2D eigenvalue weighted by Crippen LogP contribution is -1.95. The average molecular weight is 154 g/mol. The molecule has 11 heavy (non-hydrogen) atoms. The number of nitrogens with zero attached hydrogens (tertiary/aromatic N) is 2. The van der Waals surface area contributed by atoms with Gasteiger partial charge in [0.1, 0.15) is 0 Å². The van der Waals surface area contributed by atoms with E-state index in [-0.39, 0.29) is 0 Å². The van der Waals surface area contributed by atoms with Crippen molar-refractivity contribution in [3.63, 3.8) is 0 Å². The Kier molecular flexibility index (Phi) is 6.53. The van der Waals surface area contributed by atoms with Gasteiger partial charge >= 0.3 is 0 Å². The highest BCUT2D eigenvalue weighted by atomic mass is 16.5. The Bertz CT molecular complexity index is 161. The molecule has 0 fully saturated rings. The van der Waals surface area contributed by atoms with E-state index in [1.54, 1.807) is 19.5 Å². The van der Waals surface area contributed by atoms with Crippen molar-refractivity contribution in [2.24, 2.45) is 9.98 Å². The van der Waals surface area contributed by atoms with Crippen molar-refractivity contribution in [2.75, 3.05) is 20.3 Å². The van der Waals surface area contributed by atoms with Crippen molar-refractivity contribution >= 4 is 12.9 Å². The molecule has 0 aromatic heterocycles. The molecule has 62 valence electrons. The fourth-order valence-electron chi connectivity index (χ4n) is 0.600. The monoisotopic (exact) mass is 154 g/mol. The summed E-state index contributed by atoms with van der Waals surface area (Å²) in [5.41, 5.74) is 0.935. The van der Waals surface area contributed by atoms with E-state index in [2.05, 4.69) is 16.7 Å². The van der Waals surface area contributed by atoms with E-state index in [0.717, 1.165) is 12.1 Å². The third-order valence-corrected chi connectivity index (χ3v) is 1.01. The van der Waals surface area contributed by atoms with E-state index in [1.807, 2.05) is 6.92 Å². The summed E-state index contributed by atoms with van der Waals surface area (Å²) in [5.74, 6) is 0. The molecule has 0 heterocycles. The molecule has 3 nitrogen and oxygen atoms in total. The molecule has 0 saturated heterocycles. The predicted molar refractivity (Wildman–Crippen MR) is 48.5 cm³/mol. The van der Waals surface area contributed by atoms with Crippen LogP contribution >= 0.6 is 0 Å². The maximum absolute atomic E-state index is 4.91. The van der Waals surface area contributed by atoms with Gasteiger partial charge in [0.25, 0.3) is 0 Å². The zero-order chi connectivity index (χ0) is 8.53. The molecule has 0 spiro atoms. The maximum Gasteiger partial charge on any atom is 0.0743 e. The van der Waals surface area contributed by atoms with Gasteiger partial charge in [-0.05, 0) is 13.6 Å². The molecule has 0 N–H and O–H groups in total. The molecule has 0 unspecified atom stereocenters. The lowest BCUT2D eigenvalue weighted by Gasteiger charge is -1.96. The van der Waals surface area contributed by atoms with Gasteiger partial charge in [-0.1, -0.05) is 0 Å². The van der Waals surface area contributed by atoms with Gasteiger partial charge < -0.3 is 4.74 Å². The van der Waals surface area contributed by atoms with Gasteiger partial charge in [-0.15, -0.1) is 0 Å². The number of rotatable bonds is 5. The van der Waals surface area contributed by atoms with Crippen molar-refractivity contribution in [3.05, 3.63) is 11.8 Å². The molecular weight excluding hydrogens is 140 g/mol. The van der Waals surface area contributed by atoms with Crippen molar-refractivity contribution in [2.45, 2.75) is 6.92 Å². The topological polar surface area (TPSA) is 34.0 Å². The van der Waals surface area contributed by atoms with Crippen molar-refractivity contribution < 1.29 is 4.74 Å². The van der Waals surface area contributed by atoms with E-state index in [9.17, 15) is 0 Å². The summed E-state index contributed by atoms with van der Waals surface area (Å²) in [5, 5.41) is 0. The van der Waals surface area contributed by atoms with Crippen LogP contribution in [0.15, 0.2) is 21.8 Å². The zero-order valence-electron chi connectivity index (χ0n) is 7.08. The van der Waals surface area contributed by atoms with E-state index in [4.69, 9.17) is 4.74 Å². The summed E-state index contributed by atoms with van der Waals surface area (Å²) < 4.78 is 4.91. The summed E-state index contributed by atoms with van der Waals surface area (Å²) in [6.07, 6.45) is 3.39. The lowest BCUT2D eigenvalue weighted by atomic mass is 10.3. The van der Waals surface area contributed by atoms with E-state index in [1.165, 1.54) is 0 Å². The highest BCUT2D eigenvalue weighted by Gasteiger charge is 1.88. The summed E-state index contributed by atoms with van der Waals surface area (Å²) in [4.78, 5) is 7.67. The zero-order valence-corrected chi connectivity index (χ0v) is 7.08. The molecule has 0 atom stereocenters. The Hall–Kier alpha value is -0.960. The highest BCUT2D eigenvalue weighted by molar-refractivity contribution is 5.78. The van der Waals surface area contributed by atoms with Crippen molar-refractivity contribution in [3.8, 4) is 0 Å². The number of ether oxygens (including phenoxy) is 1. The first-order valence-corrected chi connectivity index (χ1v) is 3.48. The van der Waals surface area contributed by atoms with Gasteiger partial charge in [-0.25, -0.2) is 0 Å². The van der Waals surface area contributed by atoms with E-state index >= 15 is 0 Å². The minimum absolute atomic E-state index is 0.530. The molecular formula is C8H14N2O. The highest BCUT2D eigenvalue weighted by Crippen LogP contribution is 1.91. The summed E-state index contributed by atoms with van der Waals surface area (Å²) in [6, 6.07) is 0. The lowest BCUT2D eigenvalue weighted by molar-refractivity contribution is 0.230. The Morgan fingerprint density at radius 3 is 2.82 bits per heavy atom. The molecule has 0 aliphatic carbocycles. The molecule has 0 rings (SSSR count). The number of methoxy groups -OCH3 is 1. The molecule has 0 saturated carbocycles. The Balaban J connectivity index is 3.98. The van der Waals surface area contributed by atoms with Crippen molar-refractivity contribution in [1.82, 2.24) is 0 Å². The van der Waals surface area contributed by atoms with Gasteiger partial charge in [0.15, 0.2) is 0 Å². The third-order valence-electron chi connectivity index (χ3n) is 1.01. The summed E-state index contributed by atoms with van der Waals surface area (Å²) in [7, 11) is 1.64. The van der Waals surface area contributed by atoms with Crippen molar-refractivity contribution in [1.29, 1.82) is 0 Å². The number of hydrogen-bond acceptors (Lipinski definition) is 3. The fourth-order valence-corrected chi connectivity index (χ4v) is 0.600. The second-order valence-corrected chi connectivity index (χ2v) is 1.95.